The zero-order chi connectivity index (χ0) is 26.1. The number of amides is 2. The van der Waals surface area contributed by atoms with Crippen molar-refractivity contribution in [3.8, 4) is 23.3 Å². The molecule has 0 radical (unpaired) electrons. The summed E-state index contributed by atoms with van der Waals surface area (Å²) in [5, 5.41) is 15.3. The van der Waals surface area contributed by atoms with E-state index in [0.29, 0.717) is 27.7 Å². The predicted octanol–water partition coefficient (Wildman–Crippen LogP) is 5.57. The summed E-state index contributed by atoms with van der Waals surface area (Å²) in [5.41, 5.74) is 1.09. The van der Waals surface area contributed by atoms with Gasteiger partial charge in [0, 0.05) is 0 Å². The molecule has 0 unspecified atom stereocenters. The number of para-hydroxylation sites is 3. The molecule has 0 aliphatic rings. The van der Waals surface area contributed by atoms with E-state index in [1.165, 1.54) is 32.4 Å². The highest BCUT2D eigenvalue weighted by Crippen LogP contribution is 2.37. The van der Waals surface area contributed by atoms with Crippen molar-refractivity contribution in [2.24, 2.45) is 0 Å². The van der Waals surface area contributed by atoms with Crippen LogP contribution in [0.25, 0.3) is 6.08 Å². The van der Waals surface area contributed by atoms with Gasteiger partial charge < -0.3 is 24.8 Å². The number of nitrogens with one attached hydrogen (secondary N) is 2. The summed E-state index contributed by atoms with van der Waals surface area (Å²) in [6.07, 6.45) is 1.35. The highest BCUT2D eigenvalue weighted by Gasteiger charge is 2.16. The van der Waals surface area contributed by atoms with E-state index in [1.54, 1.807) is 48.5 Å². The van der Waals surface area contributed by atoms with Crippen LogP contribution in [0.15, 0.2) is 66.2 Å². The molecule has 0 bridgehead atoms. The number of ether oxygens (including phenoxy) is 3. The first kappa shape index (κ1) is 26.4. The fourth-order valence-electron chi connectivity index (χ4n) is 3.10. The third-order valence-corrected chi connectivity index (χ3v) is 5.39. The largest absolute Gasteiger partial charge is 0.495 e. The summed E-state index contributed by atoms with van der Waals surface area (Å²) in [4.78, 5) is 25.0. The summed E-state index contributed by atoms with van der Waals surface area (Å²) >= 11 is 12.4. The summed E-state index contributed by atoms with van der Waals surface area (Å²) in [5.74, 6) is -0.240. The van der Waals surface area contributed by atoms with Crippen molar-refractivity contribution >= 4 is 52.5 Å². The zero-order valence-electron chi connectivity index (χ0n) is 19.3. The van der Waals surface area contributed by atoms with Gasteiger partial charge in [0.2, 0.25) is 0 Å². The van der Waals surface area contributed by atoms with E-state index in [0.717, 1.165) is 0 Å². The average molecular weight is 526 g/mol. The fourth-order valence-corrected chi connectivity index (χ4v) is 3.56. The van der Waals surface area contributed by atoms with Crippen molar-refractivity contribution in [3.05, 3.63) is 81.8 Å². The third kappa shape index (κ3) is 6.69. The van der Waals surface area contributed by atoms with E-state index in [1.807, 2.05) is 6.07 Å². The van der Waals surface area contributed by atoms with Gasteiger partial charge in [-0.2, -0.15) is 5.26 Å². The first-order chi connectivity index (χ1) is 17.4. The maximum absolute atomic E-state index is 12.6. The minimum absolute atomic E-state index is 0.120. The van der Waals surface area contributed by atoms with Crippen LogP contribution in [0.5, 0.6) is 17.2 Å². The molecule has 184 valence electrons. The van der Waals surface area contributed by atoms with Gasteiger partial charge >= 0.3 is 0 Å². The number of nitrogens with zero attached hydrogens (tertiary/aromatic N) is 1. The molecule has 3 rings (SSSR count). The van der Waals surface area contributed by atoms with E-state index in [2.05, 4.69) is 10.6 Å². The van der Waals surface area contributed by atoms with Crippen LogP contribution in [0.3, 0.4) is 0 Å². The molecule has 36 heavy (non-hydrogen) atoms. The minimum Gasteiger partial charge on any atom is -0.495 e. The van der Waals surface area contributed by atoms with Crippen LogP contribution in [0, 0.1) is 11.3 Å². The van der Waals surface area contributed by atoms with Gasteiger partial charge in [-0.25, -0.2) is 0 Å². The molecule has 10 heteroatoms. The number of methoxy groups -OCH3 is 2. The lowest BCUT2D eigenvalue weighted by molar-refractivity contribution is -0.118. The Bertz CT molecular complexity index is 1350. The monoisotopic (exact) mass is 525 g/mol. The van der Waals surface area contributed by atoms with Gasteiger partial charge in [-0.15, -0.1) is 0 Å². The van der Waals surface area contributed by atoms with E-state index < -0.39 is 11.8 Å². The number of carbonyl (C=O) groups excluding carboxylic acids is 2. The molecule has 0 atom stereocenters. The van der Waals surface area contributed by atoms with Gasteiger partial charge in [-0.05, 0) is 48.0 Å². The Kier molecular flexibility index (Phi) is 9.17. The van der Waals surface area contributed by atoms with Gasteiger partial charge in [0.1, 0.15) is 17.4 Å². The van der Waals surface area contributed by atoms with Crippen LogP contribution < -0.4 is 24.8 Å². The minimum atomic E-state index is -0.644. The molecular formula is C26H21Cl2N3O5. The smallest absolute Gasteiger partial charge is 0.266 e. The lowest BCUT2D eigenvalue weighted by Crippen LogP contribution is -2.20. The van der Waals surface area contributed by atoms with E-state index in [4.69, 9.17) is 37.4 Å². The van der Waals surface area contributed by atoms with Gasteiger partial charge in [-0.1, -0.05) is 47.5 Å². The van der Waals surface area contributed by atoms with Crippen molar-refractivity contribution in [2.75, 3.05) is 31.5 Å². The van der Waals surface area contributed by atoms with Crippen LogP contribution in [0.2, 0.25) is 10.0 Å². The molecule has 0 saturated carbocycles. The van der Waals surface area contributed by atoms with Crippen LogP contribution in [-0.4, -0.2) is 32.6 Å². The number of anilines is 2. The van der Waals surface area contributed by atoms with Crippen molar-refractivity contribution in [1.29, 1.82) is 5.26 Å². The maximum Gasteiger partial charge on any atom is 0.266 e. The molecule has 3 aromatic rings. The number of hydrogen-bond donors (Lipinski definition) is 2. The Morgan fingerprint density at radius 3 is 2.25 bits per heavy atom. The fraction of sp³-hybridized carbons (Fsp3) is 0.115. The SMILES string of the molecule is COc1ccccc1NC(=O)COc1c(Cl)cc(/C=C(\C#N)C(=O)Nc2ccccc2Cl)cc1OC. The number of benzene rings is 3. The van der Waals surface area contributed by atoms with Gasteiger partial charge in [-0.3, -0.25) is 9.59 Å². The number of hydrogen-bond acceptors (Lipinski definition) is 6. The Morgan fingerprint density at radius 2 is 1.58 bits per heavy atom. The van der Waals surface area contributed by atoms with Crippen molar-refractivity contribution in [2.45, 2.75) is 0 Å². The summed E-state index contributed by atoms with van der Waals surface area (Å²) in [6.45, 7) is -0.354. The average Bonchev–Trinajstić information content (AvgIpc) is 2.87. The number of carbonyl (C=O) groups is 2. The van der Waals surface area contributed by atoms with Crippen LogP contribution >= 0.6 is 23.2 Å². The lowest BCUT2D eigenvalue weighted by atomic mass is 10.1. The molecule has 0 spiro atoms. The molecule has 0 fully saturated rings. The predicted molar refractivity (Wildman–Crippen MR) is 139 cm³/mol. The second-order valence-corrected chi connectivity index (χ2v) is 7.99. The molecular weight excluding hydrogens is 505 g/mol. The number of nitriles is 1. The van der Waals surface area contributed by atoms with Crippen molar-refractivity contribution in [3.63, 3.8) is 0 Å². The summed E-state index contributed by atoms with van der Waals surface area (Å²) in [7, 11) is 2.90. The Balaban J connectivity index is 1.75. The van der Waals surface area contributed by atoms with Crippen LogP contribution in [0.4, 0.5) is 11.4 Å². The second-order valence-electron chi connectivity index (χ2n) is 7.18. The highest BCUT2D eigenvalue weighted by molar-refractivity contribution is 6.34. The molecule has 0 heterocycles. The second kappa shape index (κ2) is 12.5. The standard InChI is InChI=1S/C26H21Cl2N3O5/c1-34-22-10-6-5-9-21(22)30-24(32)15-36-25-19(28)12-16(13-23(25)35-2)11-17(14-29)26(33)31-20-8-4-3-7-18(20)27/h3-13H,15H2,1-2H3,(H,30,32)(H,31,33)/b17-11+. The van der Waals surface area contributed by atoms with Gasteiger partial charge in [0.15, 0.2) is 18.1 Å². The van der Waals surface area contributed by atoms with Gasteiger partial charge in [0.25, 0.3) is 11.8 Å². The molecule has 0 aromatic heterocycles. The maximum atomic E-state index is 12.6. The lowest BCUT2D eigenvalue weighted by Gasteiger charge is -2.14. The van der Waals surface area contributed by atoms with Crippen LogP contribution in [-0.2, 0) is 9.59 Å². The normalized spacial score (nSPS) is 10.7. The van der Waals surface area contributed by atoms with Crippen LogP contribution in [0.1, 0.15) is 5.56 Å². The first-order valence-electron chi connectivity index (χ1n) is 10.5. The number of rotatable bonds is 9. The quantitative estimate of drug-likeness (QED) is 0.279. The van der Waals surface area contributed by atoms with E-state index in [9.17, 15) is 14.9 Å². The molecule has 0 saturated heterocycles. The molecule has 8 nitrogen and oxygen atoms in total. The van der Waals surface area contributed by atoms with E-state index >= 15 is 0 Å². The van der Waals surface area contributed by atoms with Gasteiger partial charge in [0.05, 0.1) is 35.6 Å². The Hall–Kier alpha value is -4.19. The molecule has 2 amide bonds. The topological polar surface area (TPSA) is 110 Å². The van der Waals surface area contributed by atoms with Crippen molar-refractivity contribution < 1.29 is 23.8 Å². The third-order valence-electron chi connectivity index (χ3n) is 4.78. The Labute approximate surface area is 218 Å². The molecule has 2 N–H and O–H groups in total. The molecule has 3 aromatic carbocycles. The molecule has 0 aliphatic heterocycles. The Morgan fingerprint density at radius 1 is 0.917 bits per heavy atom. The number of halogens is 2. The highest BCUT2D eigenvalue weighted by atomic mass is 35.5. The first-order valence-corrected chi connectivity index (χ1v) is 11.2. The molecule has 0 aliphatic carbocycles. The zero-order valence-corrected chi connectivity index (χ0v) is 20.8. The van der Waals surface area contributed by atoms with Crippen molar-refractivity contribution in [1.82, 2.24) is 0 Å². The summed E-state index contributed by atoms with van der Waals surface area (Å²) < 4.78 is 16.2. The summed E-state index contributed by atoms with van der Waals surface area (Å²) in [6, 6.07) is 18.5. The van der Waals surface area contributed by atoms with E-state index in [-0.39, 0.29) is 28.7 Å².